The van der Waals surface area contributed by atoms with Crippen molar-refractivity contribution >= 4 is 9.84 Å². The minimum Gasteiger partial charge on any atom is -0.477 e. The fourth-order valence-corrected chi connectivity index (χ4v) is 3.01. The Morgan fingerprint density at radius 1 is 1.20 bits per heavy atom. The third kappa shape index (κ3) is 4.38. The normalized spacial score (nSPS) is 12.2. The zero-order chi connectivity index (χ0) is 18.8. The van der Waals surface area contributed by atoms with E-state index in [0.29, 0.717) is 19.1 Å². The molecular weight excluding hydrogens is 361 g/mol. The molecule has 0 aliphatic heterocycles. The first-order valence-electron chi connectivity index (χ1n) is 7.18. The van der Waals surface area contributed by atoms with Gasteiger partial charge in [0.15, 0.2) is 9.84 Å². The molecule has 0 atom stereocenters. The van der Waals surface area contributed by atoms with Crippen molar-refractivity contribution < 1.29 is 26.3 Å². The number of nitrogens with one attached hydrogen (secondary N) is 1. The fourth-order valence-electron chi connectivity index (χ4n) is 2.10. The molecule has 2 aromatic rings. The highest BCUT2D eigenvalue weighted by Crippen LogP contribution is 2.34. The standard InChI is InChI=1S/C15H15F3N2O4S/c1-3-6-24-13-8-11(14(21)20-19-13)10-5-4-9(15(16,17)18)7-12(10)25(2,22)23/h4-5,7-8H,3,6H2,1-2H3,(H,20,21). The Kier molecular flexibility index (Phi) is 5.21. The van der Waals surface area contributed by atoms with Crippen molar-refractivity contribution in [1.82, 2.24) is 10.2 Å². The molecule has 0 unspecified atom stereocenters. The summed E-state index contributed by atoms with van der Waals surface area (Å²) < 4.78 is 67.8. The first kappa shape index (κ1) is 19.0. The number of benzene rings is 1. The van der Waals surface area contributed by atoms with Crippen molar-refractivity contribution in [3.63, 3.8) is 0 Å². The van der Waals surface area contributed by atoms with Crippen LogP contribution in [0.1, 0.15) is 18.9 Å². The lowest BCUT2D eigenvalue weighted by atomic mass is 10.1. The van der Waals surface area contributed by atoms with Crippen LogP contribution in [0.5, 0.6) is 5.88 Å². The lowest BCUT2D eigenvalue weighted by Crippen LogP contribution is -2.15. The smallest absolute Gasteiger partial charge is 0.416 e. The van der Waals surface area contributed by atoms with Crippen LogP contribution in [0.2, 0.25) is 0 Å². The molecule has 0 bridgehead atoms. The van der Waals surface area contributed by atoms with Crippen LogP contribution in [0, 0.1) is 0 Å². The number of aromatic amines is 1. The Morgan fingerprint density at radius 2 is 1.88 bits per heavy atom. The maximum absolute atomic E-state index is 12.9. The van der Waals surface area contributed by atoms with Crippen LogP contribution in [0.15, 0.2) is 34.0 Å². The van der Waals surface area contributed by atoms with E-state index >= 15 is 0 Å². The van der Waals surface area contributed by atoms with E-state index in [1.807, 2.05) is 6.92 Å². The molecule has 0 aliphatic rings. The molecule has 0 aliphatic carbocycles. The molecule has 25 heavy (non-hydrogen) atoms. The Balaban J connectivity index is 2.69. The average molecular weight is 376 g/mol. The summed E-state index contributed by atoms with van der Waals surface area (Å²) in [5.41, 5.74) is -2.16. The van der Waals surface area contributed by atoms with E-state index in [9.17, 15) is 26.4 Å². The van der Waals surface area contributed by atoms with Crippen molar-refractivity contribution in [2.24, 2.45) is 0 Å². The number of sulfone groups is 1. The maximum atomic E-state index is 12.9. The number of aromatic nitrogens is 2. The number of H-pyrrole nitrogens is 1. The van der Waals surface area contributed by atoms with Crippen LogP contribution in [-0.4, -0.2) is 31.5 Å². The summed E-state index contributed by atoms with van der Waals surface area (Å²) in [5, 5.41) is 5.81. The van der Waals surface area contributed by atoms with Gasteiger partial charge in [0.2, 0.25) is 5.88 Å². The lowest BCUT2D eigenvalue weighted by molar-refractivity contribution is -0.137. The summed E-state index contributed by atoms with van der Waals surface area (Å²) in [6.45, 7) is 2.16. The van der Waals surface area contributed by atoms with Gasteiger partial charge in [0.25, 0.3) is 5.56 Å². The SMILES string of the molecule is CCCOc1cc(-c2ccc(C(F)(F)F)cc2S(C)(=O)=O)c(=O)[nH]n1. The molecule has 2 rings (SSSR count). The minimum absolute atomic E-state index is 0.0378. The summed E-state index contributed by atoms with van der Waals surface area (Å²) in [6, 6.07) is 3.38. The van der Waals surface area contributed by atoms with Gasteiger partial charge in [-0.15, -0.1) is 5.10 Å². The van der Waals surface area contributed by atoms with E-state index in [4.69, 9.17) is 4.74 Å². The summed E-state index contributed by atoms with van der Waals surface area (Å²) in [5.74, 6) is 0.0378. The van der Waals surface area contributed by atoms with Crippen LogP contribution in [-0.2, 0) is 16.0 Å². The van der Waals surface area contributed by atoms with E-state index < -0.39 is 32.0 Å². The van der Waals surface area contributed by atoms with Gasteiger partial charge in [-0.2, -0.15) is 13.2 Å². The second kappa shape index (κ2) is 6.87. The van der Waals surface area contributed by atoms with Crippen molar-refractivity contribution in [3.05, 3.63) is 40.2 Å². The second-order valence-electron chi connectivity index (χ2n) is 5.28. The van der Waals surface area contributed by atoms with Gasteiger partial charge in [-0.1, -0.05) is 13.0 Å². The first-order chi connectivity index (χ1) is 11.5. The van der Waals surface area contributed by atoms with Crippen LogP contribution in [0.3, 0.4) is 0 Å². The monoisotopic (exact) mass is 376 g/mol. The molecule has 0 spiro atoms. The summed E-state index contributed by atoms with van der Waals surface area (Å²) in [7, 11) is -4.02. The number of ether oxygens (including phenoxy) is 1. The van der Waals surface area contributed by atoms with Gasteiger partial charge in [-0.25, -0.2) is 13.5 Å². The second-order valence-corrected chi connectivity index (χ2v) is 7.26. The van der Waals surface area contributed by atoms with Crippen LogP contribution < -0.4 is 10.3 Å². The molecule has 136 valence electrons. The molecule has 0 saturated heterocycles. The van der Waals surface area contributed by atoms with Gasteiger partial charge in [0, 0.05) is 17.9 Å². The van der Waals surface area contributed by atoms with E-state index in [2.05, 4.69) is 10.2 Å². The molecule has 1 heterocycles. The molecule has 6 nitrogen and oxygen atoms in total. The largest absolute Gasteiger partial charge is 0.477 e. The zero-order valence-corrected chi connectivity index (χ0v) is 14.2. The Bertz CT molecular complexity index is 937. The van der Waals surface area contributed by atoms with Crippen molar-refractivity contribution in [3.8, 4) is 17.0 Å². The van der Waals surface area contributed by atoms with Gasteiger partial charge >= 0.3 is 6.18 Å². The Hall–Kier alpha value is -2.36. The topological polar surface area (TPSA) is 89.1 Å². The highest BCUT2D eigenvalue weighted by atomic mass is 32.2. The van der Waals surface area contributed by atoms with E-state index in [1.165, 1.54) is 6.07 Å². The molecule has 1 aromatic heterocycles. The molecule has 0 fully saturated rings. The number of alkyl halides is 3. The number of rotatable bonds is 5. The predicted molar refractivity (Wildman–Crippen MR) is 84.2 cm³/mol. The van der Waals surface area contributed by atoms with E-state index in [1.54, 1.807) is 0 Å². The van der Waals surface area contributed by atoms with Crippen molar-refractivity contribution in [2.75, 3.05) is 12.9 Å². The van der Waals surface area contributed by atoms with E-state index in [0.717, 1.165) is 18.4 Å². The third-order valence-corrected chi connectivity index (χ3v) is 4.37. The van der Waals surface area contributed by atoms with Gasteiger partial charge in [0.05, 0.1) is 22.6 Å². The minimum atomic E-state index is -4.71. The van der Waals surface area contributed by atoms with Gasteiger partial charge in [0.1, 0.15) is 0 Å². The molecular formula is C15H15F3N2O4S. The third-order valence-electron chi connectivity index (χ3n) is 3.23. The van der Waals surface area contributed by atoms with Crippen LogP contribution in [0.4, 0.5) is 13.2 Å². The fraction of sp³-hybridized carbons (Fsp3) is 0.333. The van der Waals surface area contributed by atoms with E-state index in [-0.39, 0.29) is 17.0 Å². The molecule has 0 amide bonds. The first-order valence-corrected chi connectivity index (χ1v) is 9.07. The molecule has 0 radical (unpaired) electrons. The lowest BCUT2D eigenvalue weighted by Gasteiger charge is -2.13. The highest BCUT2D eigenvalue weighted by Gasteiger charge is 2.32. The quantitative estimate of drug-likeness (QED) is 0.867. The zero-order valence-electron chi connectivity index (χ0n) is 13.3. The molecule has 10 heteroatoms. The van der Waals surface area contributed by atoms with Crippen molar-refractivity contribution in [2.45, 2.75) is 24.4 Å². The van der Waals surface area contributed by atoms with Gasteiger partial charge in [-0.05, 0) is 18.6 Å². The Morgan fingerprint density at radius 3 is 2.44 bits per heavy atom. The van der Waals surface area contributed by atoms with Crippen LogP contribution in [0.25, 0.3) is 11.1 Å². The Labute approximate surface area is 141 Å². The summed E-state index contributed by atoms with van der Waals surface area (Å²) >= 11 is 0. The average Bonchev–Trinajstić information content (AvgIpc) is 2.52. The number of halogens is 3. The molecule has 0 saturated carbocycles. The number of hydrogen-bond donors (Lipinski definition) is 1. The number of nitrogens with zero attached hydrogens (tertiary/aromatic N) is 1. The number of hydrogen-bond acceptors (Lipinski definition) is 5. The summed E-state index contributed by atoms with van der Waals surface area (Å²) in [6.07, 6.45) is -3.26. The van der Waals surface area contributed by atoms with Crippen LogP contribution >= 0.6 is 0 Å². The molecule has 1 aromatic carbocycles. The predicted octanol–water partition coefficient (Wildman–Crippen LogP) is 2.65. The van der Waals surface area contributed by atoms with Gasteiger partial charge < -0.3 is 4.74 Å². The molecule has 1 N–H and O–H groups in total. The van der Waals surface area contributed by atoms with Crippen molar-refractivity contribution in [1.29, 1.82) is 0 Å². The summed E-state index contributed by atoms with van der Waals surface area (Å²) in [4.78, 5) is 11.4. The maximum Gasteiger partial charge on any atom is 0.416 e. The van der Waals surface area contributed by atoms with Gasteiger partial charge in [-0.3, -0.25) is 4.79 Å². The highest BCUT2D eigenvalue weighted by molar-refractivity contribution is 7.90.